The summed E-state index contributed by atoms with van der Waals surface area (Å²) in [5.74, 6) is -1.87. The third-order valence-electron chi connectivity index (χ3n) is 3.87. The summed E-state index contributed by atoms with van der Waals surface area (Å²) in [5.41, 5.74) is -0.204. The van der Waals surface area contributed by atoms with Crippen LogP contribution in [0.1, 0.15) is 30.2 Å². The SMILES string of the molecule is OC(c1ccccn1)C1(c2ccc(F)c(F)c2)CCCO1. The molecule has 2 heterocycles. The van der Waals surface area contributed by atoms with Crippen LogP contribution in [0, 0.1) is 11.6 Å². The van der Waals surface area contributed by atoms with E-state index >= 15 is 0 Å². The van der Waals surface area contributed by atoms with Crippen LogP contribution in [0.3, 0.4) is 0 Å². The molecular formula is C16H15F2NO2. The van der Waals surface area contributed by atoms with Crippen molar-refractivity contribution in [3.05, 3.63) is 65.5 Å². The van der Waals surface area contributed by atoms with Crippen molar-refractivity contribution in [2.75, 3.05) is 6.61 Å². The molecule has 0 radical (unpaired) electrons. The van der Waals surface area contributed by atoms with Gasteiger partial charge in [0.25, 0.3) is 0 Å². The van der Waals surface area contributed by atoms with Crippen molar-refractivity contribution < 1.29 is 18.6 Å². The topological polar surface area (TPSA) is 42.4 Å². The van der Waals surface area contributed by atoms with E-state index in [0.29, 0.717) is 24.3 Å². The summed E-state index contributed by atoms with van der Waals surface area (Å²) in [6.45, 7) is 0.461. The van der Waals surface area contributed by atoms with Crippen LogP contribution in [0.2, 0.25) is 0 Å². The van der Waals surface area contributed by atoms with Crippen molar-refractivity contribution in [1.29, 1.82) is 0 Å². The van der Waals surface area contributed by atoms with Crippen LogP contribution in [0.5, 0.6) is 0 Å². The van der Waals surface area contributed by atoms with E-state index in [4.69, 9.17) is 4.74 Å². The van der Waals surface area contributed by atoms with Crippen molar-refractivity contribution in [2.45, 2.75) is 24.5 Å². The fraction of sp³-hybridized carbons (Fsp3) is 0.312. The van der Waals surface area contributed by atoms with Gasteiger partial charge in [-0.15, -0.1) is 0 Å². The van der Waals surface area contributed by atoms with E-state index in [-0.39, 0.29) is 0 Å². The zero-order valence-corrected chi connectivity index (χ0v) is 11.3. The number of benzene rings is 1. The van der Waals surface area contributed by atoms with E-state index < -0.39 is 23.3 Å². The van der Waals surface area contributed by atoms with Gasteiger partial charge in [-0.25, -0.2) is 8.78 Å². The van der Waals surface area contributed by atoms with Gasteiger partial charge in [0.05, 0.1) is 5.69 Å². The molecule has 1 N–H and O–H groups in total. The Morgan fingerprint density at radius 2 is 2.05 bits per heavy atom. The molecule has 0 amide bonds. The summed E-state index contributed by atoms with van der Waals surface area (Å²) >= 11 is 0. The number of aromatic nitrogens is 1. The summed E-state index contributed by atoms with van der Waals surface area (Å²) in [6, 6.07) is 8.80. The third kappa shape index (κ3) is 2.43. The Bertz CT molecular complexity index is 627. The minimum atomic E-state index is -1.08. The molecular weight excluding hydrogens is 276 g/mol. The highest BCUT2D eigenvalue weighted by Gasteiger charge is 2.45. The first kappa shape index (κ1) is 14.1. The van der Waals surface area contributed by atoms with Gasteiger partial charge in [0.1, 0.15) is 11.7 Å². The summed E-state index contributed by atoms with van der Waals surface area (Å²) in [4.78, 5) is 4.14. The van der Waals surface area contributed by atoms with Gasteiger partial charge in [-0.05, 0) is 42.7 Å². The predicted molar refractivity (Wildman–Crippen MR) is 72.4 cm³/mol. The number of halogens is 2. The number of nitrogens with zero attached hydrogens (tertiary/aromatic N) is 1. The van der Waals surface area contributed by atoms with Gasteiger partial charge >= 0.3 is 0 Å². The molecule has 0 bridgehead atoms. The van der Waals surface area contributed by atoms with Gasteiger partial charge in [0.15, 0.2) is 11.6 Å². The maximum Gasteiger partial charge on any atom is 0.159 e. The third-order valence-corrected chi connectivity index (χ3v) is 3.87. The van der Waals surface area contributed by atoms with Crippen molar-refractivity contribution in [3.8, 4) is 0 Å². The molecule has 5 heteroatoms. The molecule has 21 heavy (non-hydrogen) atoms. The van der Waals surface area contributed by atoms with Gasteiger partial charge in [-0.3, -0.25) is 4.98 Å². The number of aliphatic hydroxyl groups excluding tert-OH is 1. The summed E-state index contributed by atoms with van der Waals surface area (Å²) in [6.07, 6.45) is 1.80. The van der Waals surface area contributed by atoms with Crippen LogP contribution in [0.25, 0.3) is 0 Å². The van der Waals surface area contributed by atoms with Crippen LogP contribution in [0.15, 0.2) is 42.6 Å². The smallest absolute Gasteiger partial charge is 0.159 e. The second-order valence-corrected chi connectivity index (χ2v) is 5.13. The zero-order chi connectivity index (χ0) is 14.9. The molecule has 2 aromatic rings. The quantitative estimate of drug-likeness (QED) is 0.945. The molecule has 1 saturated heterocycles. The lowest BCUT2D eigenvalue weighted by molar-refractivity contribution is -0.100. The first-order valence-electron chi connectivity index (χ1n) is 6.82. The van der Waals surface area contributed by atoms with Crippen molar-refractivity contribution in [2.24, 2.45) is 0 Å². The molecule has 0 saturated carbocycles. The maximum absolute atomic E-state index is 13.5. The van der Waals surface area contributed by atoms with E-state index in [0.717, 1.165) is 18.6 Å². The molecule has 1 aliphatic rings. The first-order chi connectivity index (χ1) is 10.1. The number of rotatable bonds is 3. The Kier molecular flexibility index (Phi) is 3.69. The molecule has 1 aromatic heterocycles. The minimum absolute atomic E-state index is 0.428. The van der Waals surface area contributed by atoms with Crippen LogP contribution >= 0.6 is 0 Å². The zero-order valence-electron chi connectivity index (χ0n) is 11.3. The highest BCUT2D eigenvalue weighted by atomic mass is 19.2. The molecule has 1 fully saturated rings. The van der Waals surface area contributed by atoms with Crippen LogP contribution < -0.4 is 0 Å². The molecule has 1 aromatic carbocycles. The van der Waals surface area contributed by atoms with Gasteiger partial charge in [-0.1, -0.05) is 12.1 Å². The molecule has 110 valence electrons. The molecule has 0 spiro atoms. The van der Waals surface area contributed by atoms with Gasteiger partial charge in [-0.2, -0.15) is 0 Å². The van der Waals surface area contributed by atoms with Crippen LogP contribution in [0.4, 0.5) is 8.78 Å². The van der Waals surface area contributed by atoms with E-state index in [9.17, 15) is 13.9 Å². The number of pyridine rings is 1. The molecule has 3 nitrogen and oxygen atoms in total. The Hall–Kier alpha value is -1.85. The fourth-order valence-electron chi connectivity index (χ4n) is 2.80. The summed E-state index contributed by atoms with van der Waals surface area (Å²) in [5, 5.41) is 10.7. The molecule has 0 aliphatic carbocycles. The van der Waals surface area contributed by atoms with Crippen LogP contribution in [-0.4, -0.2) is 16.7 Å². The largest absolute Gasteiger partial charge is 0.383 e. The second-order valence-electron chi connectivity index (χ2n) is 5.13. The van der Waals surface area contributed by atoms with E-state index in [1.54, 1.807) is 24.4 Å². The lowest BCUT2D eigenvalue weighted by Crippen LogP contribution is -2.33. The Balaban J connectivity index is 2.05. The number of hydrogen-bond acceptors (Lipinski definition) is 3. The van der Waals surface area contributed by atoms with Crippen LogP contribution in [-0.2, 0) is 10.3 Å². The monoisotopic (exact) mass is 291 g/mol. The van der Waals surface area contributed by atoms with E-state index in [2.05, 4.69) is 4.98 Å². The minimum Gasteiger partial charge on any atom is -0.383 e. The molecule has 2 unspecified atom stereocenters. The van der Waals surface area contributed by atoms with E-state index in [1.807, 2.05) is 0 Å². The fourth-order valence-corrected chi connectivity index (χ4v) is 2.80. The van der Waals surface area contributed by atoms with Crippen molar-refractivity contribution in [1.82, 2.24) is 4.98 Å². The maximum atomic E-state index is 13.5. The molecule has 2 atom stereocenters. The van der Waals surface area contributed by atoms with Crippen molar-refractivity contribution in [3.63, 3.8) is 0 Å². The number of hydrogen-bond donors (Lipinski definition) is 1. The normalized spacial score (nSPS) is 23.2. The molecule has 3 rings (SSSR count). The number of aliphatic hydroxyl groups is 1. The summed E-state index contributed by atoms with van der Waals surface area (Å²) in [7, 11) is 0. The van der Waals surface area contributed by atoms with Gasteiger partial charge in [0.2, 0.25) is 0 Å². The lowest BCUT2D eigenvalue weighted by Gasteiger charge is -2.33. The lowest BCUT2D eigenvalue weighted by atomic mass is 9.83. The summed E-state index contributed by atoms with van der Waals surface area (Å²) < 4.78 is 32.4. The van der Waals surface area contributed by atoms with Gasteiger partial charge < -0.3 is 9.84 Å². The molecule has 1 aliphatic heterocycles. The highest BCUT2D eigenvalue weighted by Crippen LogP contribution is 2.45. The van der Waals surface area contributed by atoms with E-state index in [1.165, 1.54) is 6.07 Å². The Labute approximate surface area is 121 Å². The van der Waals surface area contributed by atoms with Gasteiger partial charge in [0, 0.05) is 12.8 Å². The van der Waals surface area contributed by atoms with Crippen molar-refractivity contribution >= 4 is 0 Å². The second kappa shape index (κ2) is 5.50. The first-order valence-corrected chi connectivity index (χ1v) is 6.82. The average molecular weight is 291 g/mol. The Morgan fingerprint density at radius 1 is 1.19 bits per heavy atom. The average Bonchev–Trinajstić information content (AvgIpc) is 3.01. The predicted octanol–water partition coefficient (Wildman–Crippen LogP) is 3.10. The highest BCUT2D eigenvalue weighted by molar-refractivity contribution is 5.29. The standard InChI is InChI=1S/C16H15F2NO2/c17-12-6-5-11(10-13(12)18)16(7-3-9-21-16)15(20)14-4-1-2-8-19-14/h1-2,4-6,8,10,15,20H,3,7,9H2. The number of ether oxygens (including phenoxy) is 1. The Morgan fingerprint density at radius 3 is 2.67 bits per heavy atom.